The second-order valence-corrected chi connectivity index (χ2v) is 5.77. The SMILES string of the molecule is COC(=O)C1(N)CCC(Sc2n[nH]c(=O)n2C)C1. The van der Waals surface area contributed by atoms with Gasteiger partial charge in [0, 0.05) is 12.3 Å². The number of aromatic nitrogens is 3. The lowest BCUT2D eigenvalue weighted by atomic mass is 10.00. The maximum Gasteiger partial charge on any atom is 0.343 e. The third kappa shape index (κ3) is 2.30. The molecule has 0 aliphatic heterocycles. The van der Waals surface area contributed by atoms with E-state index in [0.717, 1.165) is 6.42 Å². The smallest absolute Gasteiger partial charge is 0.343 e. The average Bonchev–Trinajstić information content (AvgIpc) is 2.87. The highest BCUT2D eigenvalue weighted by atomic mass is 32.2. The number of rotatable bonds is 3. The van der Waals surface area contributed by atoms with Gasteiger partial charge >= 0.3 is 11.7 Å². The first-order chi connectivity index (χ1) is 8.46. The molecular weight excluding hydrogens is 256 g/mol. The summed E-state index contributed by atoms with van der Waals surface area (Å²) in [5.74, 6) is -0.374. The number of nitrogens with one attached hydrogen (secondary N) is 1. The number of carbonyl (C=O) groups is 1. The molecule has 0 aromatic carbocycles. The maximum atomic E-state index is 11.6. The molecule has 18 heavy (non-hydrogen) atoms. The number of nitrogens with two attached hydrogens (primary N) is 1. The van der Waals surface area contributed by atoms with Crippen LogP contribution in [0.25, 0.3) is 0 Å². The Labute approximate surface area is 108 Å². The molecule has 1 fully saturated rings. The van der Waals surface area contributed by atoms with Crippen molar-refractivity contribution in [2.75, 3.05) is 7.11 Å². The standard InChI is InChI=1S/C10H16N4O3S/c1-14-8(16)12-13-9(14)18-6-3-4-10(11,5-6)7(15)17-2/h6H,3-5,11H2,1-2H3,(H,12,16). The van der Waals surface area contributed by atoms with Crippen LogP contribution in [-0.2, 0) is 16.6 Å². The summed E-state index contributed by atoms with van der Waals surface area (Å²) in [7, 11) is 2.99. The minimum atomic E-state index is -0.901. The van der Waals surface area contributed by atoms with Gasteiger partial charge in [-0.15, -0.1) is 5.10 Å². The summed E-state index contributed by atoms with van der Waals surface area (Å²) < 4.78 is 6.16. The van der Waals surface area contributed by atoms with Crippen molar-refractivity contribution >= 4 is 17.7 Å². The first-order valence-corrected chi connectivity index (χ1v) is 6.49. The van der Waals surface area contributed by atoms with Crippen LogP contribution >= 0.6 is 11.8 Å². The van der Waals surface area contributed by atoms with Crippen molar-refractivity contribution in [3.63, 3.8) is 0 Å². The van der Waals surface area contributed by atoms with Crippen LogP contribution in [0.4, 0.5) is 0 Å². The van der Waals surface area contributed by atoms with Crippen molar-refractivity contribution in [2.45, 2.75) is 35.2 Å². The Balaban J connectivity index is 2.04. The van der Waals surface area contributed by atoms with Crippen LogP contribution in [0.5, 0.6) is 0 Å². The van der Waals surface area contributed by atoms with Crippen LogP contribution < -0.4 is 11.4 Å². The summed E-state index contributed by atoms with van der Waals surface area (Å²) in [6.07, 6.45) is 1.93. The summed E-state index contributed by atoms with van der Waals surface area (Å²) >= 11 is 1.46. The summed E-state index contributed by atoms with van der Waals surface area (Å²) in [4.78, 5) is 22.8. The van der Waals surface area contributed by atoms with Crippen molar-refractivity contribution in [1.29, 1.82) is 0 Å². The molecule has 100 valence electrons. The lowest BCUT2D eigenvalue weighted by Crippen LogP contribution is -2.46. The number of carbonyl (C=O) groups excluding carboxylic acids is 1. The molecule has 0 amide bonds. The van der Waals surface area contributed by atoms with Crippen molar-refractivity contribution in [3.05, 3.63) is 10.5 Å². The zero-order chi connectivity index (χ0) is 13.3. The second-order valence-electron chi connectivity index (χ2n) is 4.50. The zero-order valence-corrected chi connectivity index (χ0v) is 11.1. The highest BCUT2D eigenvalue weighted by Crippen LogP contribution is 2.38. The highest BCUT2D eigenvalue weighted by molar-refractivity contribution is 7.99. The Morgan fingerprint density at radius 1 is 1.72 bits per heavy atom. The van der Waals surface area contributed by atoms with E-state index in [1.54, 1.807) is 7.05 Å². The fourth-order valence-electron chi connectivity index (χ4n) is 2.11. The van der Waals surface area contributed by atoms with E-state index in [1.807, 2.05) is 0 Å². The third-order valence-electron chi connectivity index (χ3n) is 3.21. The molecule has 1 aromatic heterocycles. The van der Waals surface area contributed by atoms with E-state index in [1.165, 1.54) is 23.4 Å². The normalized spacial score (nSPS) is 27.4. The summed E-state index contributed by atoms with van der Waals surface area (Å²) in [6, 6.07) is 0. The van der Waals surface area contributed by atoms with Gasteiger partial charge in [0.25, 0.3) is 0 Å². The average molecular weight is 272 g/mol. The Bertz CT molecular complexity index is 511. The number of thioether (sulfide) groups is 1. The Morgan fingerprint density at radius 3 is 3.00 bits per heavy atom. The molecule has 1 aromatic rings. The molecule has 0 spiro atoms. The number of hydrogen-bond donors (Lipinski definition) is 2. The van der Waals surface area contributed by atoms with E-state index in [2.05, 4.69) is 10.2 Å². The number of aromatic amines is 1. The van der Waals surface area contributed by atoms with Crippen LogP contribution in [0, 0.1) is 0 Å². The van der Waals surface area contributed by atoms with Gasteiger partial charge in [-0.05, 0) is 19.3 Å². The van der Waals surface area contributed by atoms with Gasteiger partial charge < -0.3 is 10.5 Å². The van der Waals surface area contributed by atoms with Gasteiger partial charge in [-0.1, -0.05) is 11.8 Å². The van der Waals surface area contributed by atoms with Crippen molar-refractivity contribution in [2.24, 2.45) is 12.8 Å². The van der Waals surface area contributed by atoms with Crippen LogP contribution in [-0.4, -0.2) is 38.6 Å². The van der Waals surface area contributed by atoms with Crippen molar-refractivity contribution in [3.8, 4) is 0 Å². The minimum absolute atomic E-state index is 0.169. The Hall–Kier alpha value is -1.28. The molecule has 0 bridgehead atoms. The van der Waals surface area contributed by atoms with Gasteiger partial charge in [-0.25, -0.2) is 9.89 Å². The number of H-pyrrole nitrogens is 1. The number of nitrogens with zero attached hydrogens (tertiary/aromatic N) is 2. The lowest BCUT2D eigenvalue weighted by molar-refractivity contribution is -0.146. The maximum absolute atomic E-state index is 11.6. The molecule has 1 aliphatic rings. The fourth-order valence-corrected chi connectivity index (χ4v) is 3.36. The molecule has 8 heteroatoms. The molecule has 7 nitrogen and oxygen atoms in total. The molecule has 3 N–H and O–H groups in total. The second kappa shape index (κ2) is 4.77. The number of methoxy groups -OCH3 is 1. The van der Waals surface area contributed by atoms with Gasteiger partial charge in [0.15, 0.2) is 5.16 Å². The fraction of sp³-hybridized carbons (Fsp3) is 0.700. The molecular formula is C10H16N4O3S. The number of ether oxygens (including phenoxy) is 1. The predicted octanol–water partition coefficient (Wildman–Crippen LogP) is -0.377. The van der Waals surface area contributed by atoms with E-state index in [-0.39, 0.29) is 16.9 Å². The van der Waals surface area contributed by atoms with Crippen molar-refractivity contribution < 1.29 is 9.53 Å². The quantitative estimate of drug-likeness (QED) is 0.727. The van der Waals surface area contributed by atoms with Gasteiger partial charge in [-0.2, -0.15) is 0 Å². The predicted molar refractivity (Wildman–Crippen MR) is 66.3 cm³/mol. The van der Waals surface area contributed by atoms with Gasteiger partial charge in [0.1, 0.15) is 5.54 Å². The molecule has 0 radical (unpaired) electrons. The summed E-state index contributed by atoms with van der Waals surface area (Å²) in [6.45, 7) is 0. The first-order valence-electron chi connectivity index (χ1n) is 5.61. The molecule has 1 saturated carbocycles. The monoisotopic (exact) mass is 272 g/mol. The van der Waals surface area contributed by atoms with E-state index in [9.17, 15) is 9.59 Å². The van der Waals surface area contributed by atoms with Gasteiger partial charge in [0.2, 0.25) is 0 Å². The van der Waals surface area contributed by atoms with Crippen LogP contribution in [0.15, 0.2) is 9.95 Å². The third-order valence-corrected chi connectivity index (χ3v) is 4.52. The van der Waals surface area contributed by atoms with Gasteiger partial charge in [0.05, 0.1) is 7.11 Å². The first kappa shape index (κ1) is 13.2. The minimum Gasteiger partial charge on any atom is -0.468 e. The largest absolute Gasteiger partial charge is 0.468 e. The lowest BCUT2D eigenvalue weighted by Gasteiger charge is -2.20. The number of hydrogen-bond acceptors (Lipinski definition) is 6. The van der Waals surface area contributed by atoms with E-state index >= 15 is 0 Å². The topological polar surface area (TPSA) is 103 Å². The van der Waals surface area contributed by atoms with E-state index < -0.39 is 5.54 Å². The molecule has 1 heterocycles. The van der Waals surface area contributed by atoms with Crippen LogP contribution in [0.1, 0.15) is 19.3 Å². The Kier molecular flexibility index (Phi) is 3.49. The summed E-state index contributed by atoms with van der Waals surface area (Å²) in [5.41, 5.74) is 4.87. The molecule has 2 rings (SSSR count). The number of esters is 1. The molecule has 1 aliphatic carbocycles. The highest BCUT2D eigenvalue weighted by Gasteiger charge is 2.43. The van der Waals surface area contributed by atoms with Crippen LogP contribution in [0.3, 0.4) is 0 Å². The Morgan fingerprint density at radius 2 is 2.44 bits per heavy atom. The summed E-state index contributed by atoms with van der Waals surface area (Å²) in [5, 5.41) is 7.08. The molecule has 2 atom stereocenters. The van der Waals surface area contributed by atoms with Gasteiger partial charge in [-0.3, -0.25) is 9.36 Å². The van der Waals surface area contributed by atoms with E-state index in [4.69, 9.17) is 10.5 Å². The van der Waals surface area contributed by atoms with E-state index in [0.29, 0.717) is 18.0 Å². The van der Waals surface area contributed by atoms with Crippen LogP contribution in [0.2, 0.25) is 0 Å². The molecule has 0 saturated heterocycles. The molecule has 2 unspecified atom stereocenters. The van der Waals surface area contributed by atoms with Crippen molar-refractivity contribution in [1.82, 2.24) is 14.8 Å². The zero-order valence-electron chi connectivity index (χ0n) is 10.3.